The van der Waals surface area contributed by atoms with Crippen LogP contribution in [0.3, 0.4) is 0 Å². The summed E-state index contributed by atoms with van der Waals surface area (Å²) in [6, 6.07) is 7.66. The Morgan fingerprint density at radius 2 is 1.95 bits per heavy atom. The van der Waals surface area contributed by atoms with E-state index >= 15 is 0 Å². The van der Waals surface area contributed by atoms with Gasteiger partial charge in [-0.3, -0.25) is 4.79 Å². The first kappa shape index (κ1) is 15.9. The Hall–Kier alpha value is -1.13. The number of rotatable bonds is 4. The number of halogens is 1. The Balaban J connectivity index is 2.71. The Morgan fingerprint density at radius 1 is 1.32 bits per heavy atom. The average molecular weight is 326 g/mol. The summed E-state index contributed by atoms with van der Waals surface area (Å²) in [5.74, 6) is -0.230. The molecule has 0 atom stereocenters. The first-order chi connectivity index (χ1) is 8.62. The van der Waals surface area contributed by atoms with E-state index in [0.717, 1.165) is 10.0 Å². The van der Waals surface area contributed by atoms with Crippen LogP contribution in [0.5, 0.6) is 0 Å². The molecule has 1 rings (SSSR count). The molecule has 2 N–H and O–H groups in total. The lowest BCUT2D eigenvalue weighted by Gasteiger charge is -2.37. The third-order valence-electron chi connectivity index (χ3n) is 3.24. The fourth-order valence-electron chi connectivity index (χ4n) is 1.28. The van der Waals surface area contributed by atoms with Crippen LogP contribution in [0.2, 0.25) is 0 Å². The van der Waals surface area contributed by atoms with Crippen molar-refractivity contribution in [1.29, 1.82) is 0 Å². The molecule has 0 aliphatic heterocycles. The van der Waals surface area contributed by atoms with Crippen LogP contribution in [-0.2, 0) is 4.79 Å². The Morgan fingerprint density at radius 3 is 2.47 bits per heavy atom. The molecule has 0 unspecified atom stereocenters. The number of amides is 1. The summed E-state index contributed by atoms with van der Waals surface area (Å²) >= 11 is 3.38. The van der Waals surface area contributed by atoms with Gasteiger partial charge in [-0.1, -0.05) is 28.1 Å². The van der Waals surface area contributed by atoms with Crippen molar-refractivity contribution in [3.8, 4) is 0 Å². The molecule has 0 spiro atoms. The fourth-order valence-corrected chi connectivity index (χ4v) is 1.70. The summed E-state index contributed by atoms with van der Waals surface area (Å²) in [6.45, 7) is 6.92. The van der Waals surface area contributed by atoms with Crippen molar-refractivity contribution < 1.29 is 9.90 Å². The maximum absolute atomic E-state index is 11.8. The zero-order valence-electron chi connectivity index (χ0n) is 11.7. The highest BCUT2D eigenvalue weighted by Crippen LogP contribution is 2.20. The van der Waals surface area contributed by atoms with Crippen LogP contribution in [0.15, 0.2) is 34.8 Å². The molecule has 0 bridgehead atoms. The number of carbonyl (C=O) groups is 1. The van der Waals surface area contributed by atoms with E-state index in [9.17, 15) is 9.90 Å². The Labute approximate surface area is 122 Å². The maximum atomic E-state index is 11.8. The van der Waals surface area contributed by atoms with Gasteiger partial charge in [-0.05, 0) is 51.5 Å². The lowest BCUT2D eigenvalue weighted by molar-refractivity contribution is -0.121. The minimum atomic E-state index is -0.994. The molecule has 1 amide bonds. The zero-order valence-corrected chi connectivity index (χ0v) is 13.3. The van der Waals surface area contributed by atoms with Gasteiger partial charge in [0.1, 0.15) is 0 Å². The smallest absolute Gasteiger partial charge is 0.244 e. The van der Waals surface area contributed by atoms with Gasteiger partial charge in [-0.2, -0.15) is 0 Å². The fraction of sp³-hybridized carbons (Fsp3) is 0.400. The van der Waals surface area contributed by atoms with Gasteiger partial charge in [-0.15, -0.1) is 0 Å². The second kappa shape index (κ2) is 5.88. The third-order valence-corrected chi connectivity index (χ3v) is 3.73. The van der Waals surface area contributed by atoms with Gasteiger partial charge in [-0.25, -0.2) is 0 Å². The van der Waals surface area contributed by atoms with Crippen molar-refractivity contribution in [1.82, 2.24) is 5.32 Å². The largest absolute Gasteiger partial charge is 0.388 e. The van der Waals surface area contributed by atoms with Gasteiger partial charge in [0.2, 0.25) is 5.91 Å². The molecule has 0 saturated heterocycles. The number of carbonyl (C=O) groups excluding carboxylic acids is 1. The normalized spacial score (nSPS) is 12.7. The molecule has 0 saturated carbocycles. The Kier molecular flexibility index (Phi) is 4.93. The molecule has 0 aliphatic rings. The highest BCUT2D eigenvalue weighted by molar-refractivity contribution is 9.10. The van der Waals surface area contributed by atoms with Gasteiger partial charge < -0.3 is 10.4 Å². The molecule has 4 heteroatoms. The van der Waals surface area contributed by atoms with E-state index in [4.69, 9.17) is 0 Å². The van der Waals surface area contributed by atoms with Crippen molar-refractivity contribution in [3.63, 3.8) is 0 Å². The van der Waals surface area contributed by atoms with Crippen molar-refractivity contribution in [2.75, 3.05) is 0 Å². The molecular weight excluding hydrogens is 306 g/mol. The number of hydrogen-bond donors (Lipinski definition) is 2. The van der Waals surface area contributed by atoms with Crippen LogP contribution >= 0.6 is 15.9 Å². The minimum absolute atomic E-state index is 0.230. The summed E-state index contributed by atoms with van der Waals surface area (Å²) in [7, 11) is 0. The zero-order chi connectivity index (χ0) is 14.7. The highest BCUT2D eigenvalue weighted by atomic mass is 79.9. The van der Waals surface area contributed by atoms with Gasteiger partial charge >= 0.3 is 0 Å². The van der Waals surface area contributed by atoms with Crippen LogP contribution < -0.4 is 5.32 Å². The standard InChI is InChI=1S/C15H20BrNO2/c1-14(2,15(3,4)19)17-13(18)9-8-11-6-5-7-12(16)10-11/h5-10,19H,1-4H3,(H,17,18)/b9-8+. The first-order valence-corrected chi connectivity index (χ1v) is 6.89. The predicted molar refractivity (Wildman–Crippen MR) is 81.7 cm³/mol. The van der Waals surface area contributed by atoms with E-state index in [2.05, 4.69) is 21.2 Å². The number of aliphatic hydroxyl groups is 1. The lowest BCUT2D eigenvalue weighted by Crippen LogP contribution is -2.57. The molecule has 0 aliphatic carbocycles. The van der Waals surface area contributed by atoms with Crippen molar-refractivity contribution in [2.45, 2.75) is 38.8 Å². The topological polar surface area (TPSA) is 49.3 Å². The van der Waals surface area contributed by atoms with E-state index in [1.54, 1.807) is 33.8 Å². The summed E-state index contributed by atoms with van der Waals surface area (Å²) < 4.78 is 0.965. The second-order valence-corrected chi connectivity index (χ2v) is 6.48. The quantitative estimate of drug-likeness (QED) is 0.835. The van der Waals surface area contributed by atoms with Crippen molar-refractivity contribution >= 4 is 27.9 Å². The van der Waals surface area contributed by atoms with E-state index in [0.29, 0.717) is 0 Å². The first-order valence-electron chi connectivity index (χ1n) is 6.10. The van der Waals surface area contributed by atoms with Gasteiger partial charge in [0.15, 0.2) is 0 Å². The number of nitrogens with one attached hydrogen (secondary N) is 1. The second-order valence-electron chi connectivity index (χ2n) is 5.56. The number of hydrogen-bond acceptors (Lipinski definition) is 2. The van der Waals surface area contributed by atoms with Crippen LogP contribution in [0.4, 0.5) is 0 Å². The molecule has 1 aromatic carbocycles. The molecule has 0 aromatic heterocycles. The molecule has 104 valence electrons. The number of benzene rings is 1. The SMILES string of the molecule is CC(C)(O)C(C)(C)NC(=O)/C=C/c1cccc(Br)c1. The van der Waals surface area contributed by atoms with Gasteiger partial charge in [0.05, 0.1) is 11.1 Å². The van der Waals surface area contributed by atoms with Crippen LogP contribution in [0, 0.1) is 0 Å². The van der Waals surface area contributed by atoms with Crippen LogP contribution in [-0.4, -0.2) is 22.2 Å². The van der Waals surface area contributed by atoms with Crippen LogP contribution in [0.25, 0.3) is 6.08 Å². The Bertz CT molecular complexity index is 487. The average Bonchev–Trinajstić information content (AvgIpc) is 2.24. The predicted octanol–water partition coefficient (Wildman–Crippen LogP) is 3.13. The summed E-state index contributed by atoms with van der Waals surface area (Å²) in [6.07, 6.45) is 3.20. The highest BCUT2D eigenvalue weighted by Gasteiger charge is 2.35. The molecule has 1 aromatic rings. The molecular formula is C15H20BrNO2. The van der Waals surface area contributed by atoms with Crippen molar-refractivity contribution in [3.05, 3.63) is 40.4 Å². The summed E-state index contributed by atoms with van der Waals surface area (Å²) in [5, 5.41) is 12.8. The van der Waals surface area contributed by atoms with Crippen LogP contribution in [0.1, 0.15) is 33.3 Å². The third kappa shape index (κ3) is 4.80. The van der Waals surface area contributed by atoms with Crippen molar-refractivity contribution in [2.24, 2.45) is 0 Å². The monoisotopic (exact) mass is 325 g/mol. The van der Waals surface area contributed by atoms with Gasteiger partial charge in [0, 0.05) is 10.5 Å². The summed E-state index contributed by atoms with van der Waals surface area (Å²) in [5.41, 5.74) is -0.761. The molecule has 0 heterocycles. The van der Waals surface area contributed by atoms with Gasteiger partial charge in [0.25, 0.3) is 0 Å². The van der Waals surface area contributed by atoms with E-state index in [-0.39, 0.29) is 5.91 Å². The maximum Gasteiger partial charge on any atom is 0.244 e. The molecule has 0 radical (unpaired) electrons. The molecule has 3 nitrogen and oxygen atoms in total. The minimum Gasteiger partial charge on any atom is -0.388 e. The molecule has 19 heavy (non-hydrogen) atoms. The van der Waals surface area contributed by atoms with E-state index in [1.807, 2.05) is 24.3 Å². The van der Waals surface area contributed by atoms with E-state index < -0.39 is 11.1 Å². The van der Waals surface area contributed by atoms with E-state index in [1.165, 1.54) is 6.08 Å². The summed E-state index contributed by atoms with van der Waals surface area (Å²) in [4.78, 5) is 11.8. The molecule has 0 fully saturated rings. The lowest BCUT2D eigenvalue weighted by atomic mass is 9.86.